The normalized spacial score (nSPS) is 18.0. The lowest BCUT2D eigenvalue weighted by Crippen LogP contribution is -2.45. The van der Waals surface area contributed by atoms with E-state index in [9.17, 15) is 4.79 Å². The van der Waals surface area contributed by atoms with Crippen molar-refractivity contribution in [2.45, 2.75) is 44.9 Å². The van der Waals surface area contributed by atoms with Gasteiger partial charge in [-0.3, -0.25) is 4.79 Å². The first kappa shape index (κ1) is 25.0. The molecule has 1 fully saturated rings. The van der Waals surface area contributed by atoms with Crippen LogP contribution in [0.15, 0.2) is 54.6 Å². The third-order valence-corrected chi connectivity index (χ3v) is 5.70. The Morgan fingerprint density at radius 3 is 2.55 bits per heavy atom. The average molecular weight is 465 g/mol. The number of hydrogen-bond donors (Lipinski definition) is 2. The van der Waals surface area contributed by atoms with Gasteiger partial charge in [0.1, 0.15) is 24.7 Å². The quantitative estimate of drug-likeness (QED) is 0.551. The molecule has 1 aliphatic carbocycles. The van der Waals surface area contributed by atoms with E-state index in [1.165, 1.54) is 6.42 Å². The first-order chi connectivity index (χ1) is 14.2. The first-order valence-corrected chi connectivity index (χ1v) is 10.4. The van der Waals surface area contributed by atoms with Gasteiger partial charge in [0.25, 0.3) is 0 Å². The number of aromatic nitrogens is 2. The smallest absolute Gasteiger partial charge is 0.240 e. The van der Waals surface area contributed by atoms with Crippen molar-refractivity contribution in [1.82, 2.24) is 14.9 Å². The number of fused-ring (bicyclic) bond motifs is 1. The Labute approximate surface area is 195 Å². The van der Waals surface area contributed by atoms with Crippen LogP contribution in [0.3, 0.4) is 0 Å². The van der Waals surface area contributed by atoms with E-state index in [4.69, 9.17) is 15.5 Å². The van der Waals surface area contributed by atoms with Gasteiger partial charge in [0.2, 0.25) is 5.91 Å². The Balaban J connectivity index is 0.00000171. The number of nitrogens with two attached hydrogens (primary N) is 1. The number of amides is 1. The molecule has 1 aliphatic rings. The molecule has 2 aromatic carbocycles. The monoisotopic (exact) mass is 464 g/mol. The Morgan fingerprint density at radius 1 is 1.06 bits per heavy atom. The molecule has 8 heteroatoms. The molecule has 4 rings (SSSR count). The third kappa shape index (κ3) is 6.12. The van der Waals surface area contributed by atoms with Crippen molar-refractivity contribution in [3.8, 4) is 5.75 Å². The number of carbonyl (C=O) groups is 1. The second-order valence-corrected chi connectivity index (χ2v) is 7.66. The second kappa shape index (κ2) is 11.9. The predicted molar refractivity (Wildman–Crippen MR) is 128 cm³/mol. The maximum absolute atomic E-state index is 12.9. The lowest BCUT2D eigenvalue weighted by Gasteiger charge is -2.31. The van der Waals surface area contributed by atoms with E-state index in [-0.39, 0.29) is 43.3 Å². The van der Waals surface area contributed by atoms with Crippen LogP contribution in [0.1, 0.15) is 31.5 Å². The maximum atomic E-state index is 12.9. The van der Waals surface area contributed by atoms with Gasteiger partial charge in [0, 0.05) is 6.04 Å². The van der Waals surface area contributed by atoms with Crippen LogP contribution in [-0.2, 0) is 17.9 Å². The standard InChI is InChI=1S/C23H28N4O2.2ClH/c24-14-17-8-4-5-11-19(17)26-23(28)15-27-21-13-7-6-12-20(21)25-22(27)16-29-18-9-2-1-3-10-18;;/h1-3,6-7,9-10,12-13,17,19H,4-5,8,11,14-16,24H2,(H,26,28);2*1H. The summed E-state index contributed by atoms with van der Waals surface area (Å²) < 4.78 is 7.85. The van der Waals surface area contributed by atoms with E-state index in [1.807, 2.05) is 59.2 Å². The molecule has 3 aromatic rings. The van der Waals surface area contributed by atoms with Crippen LogP contribution >= 0.6 is 24.8 Å². The molecule has 1 aromatic heterocycles. The number of para-hydroxylation sites is 3. The fraction of sp³-hybridized carbons (Fsp3) is 0.391. The Hall–Kier alpha value is -2.28. The molecule has 2 unspecified atom stereocenters. The van der Waals surface area contributed by atoms with Crippen molar-refractivity contribution in [1.29, 1.82) is 0 Å². The summed E-state index contributed by atoms with van der Waals surface area (Å²) in [5.74, 6) is 1.89. The zero-order valence-corrected chi connectivity index (χ0v) is 19.0. The van der Waals surface area contributed by atoms with E-state index < -0.39 is 0 Å². The summed E-state index contributed by atoms with van der Waals surface area (Å²) in [6.45, 7) is 1.15. The molecule has 1 heterocycles. The molecular formula is C23H30Cl2N4O2. The largest absolute Gasteiger partial charge is 0.486 e. The fourth-order valence-electron chi connectivity index (χ4n) is 4.15. The van der Waals surface area contributed by atoms with Gasteiger partial charge < -0.3 is 20.4 Å². The Bertz CT molecular complexity index is 965. The molecule has 31 heavy (non-hydrogen) atoms. The van der Waals surface area contributed by atoms with E-state index in [0.29, 0.717) is 19.1 Å². The molecule has 0 saturated heterocycles. The molecule has 0 radical (unpaired) electrons. The Kier molecular flexibility index (Phi) is 9.62. The zero-order chi connectivity index (χ0) is 20.1. The maximum Gasteiger partial charge on any atom is 0.240 e. The number of rotatable bonds is 7. The van der Waals surface area contributed by atoms with E-state index in [2.05, 4.69) is 5.32 Å². The number of benzene rings is 2. The number of imidazole rings is 1. The zero-order valence-electron chi connectivity index (χ0n) is 17.4. The van der Waals surface area contributed by atoms with Gasteiger partial charge in [-0.2, -0.15) is 0 Å². The van der Waals surface area contributed by atoms with Gasteiger partial charge >= 0.3 is 0 Å². The van der Waals surface area contributed by atoms with Crippen LogP contribution in [0, 0.1) is 5.92 Å². The van der Waals surface area contributed by atoms with Crippen LogP contribution in [0.4, 0.5) is 0 Å². The van der Waals surface area contributed by atoms with Gasteiger partial charge in [-0.15, -0.1) is 24.8 Å². The highest BCUT2D eigenvalue weighted by molar-refractivity contribution is 5.85. The summed E-state index contributed by atoms with van der Waals surface area (Å²) >= 11 is 0. The van der Waals surface area contributed by atoms with Gasteiger partial charge in [0.05, 0.1) is 11.0 Å². The van der Waals surface area contributed by atoms with Crippen molar-refractivity contribution in [3.63, 3.8) is 0 Å². The number of halogens is 2. The highest BCUT2D eigenvalue weighted by Gasteiger charge is 2.25. The molecule has 0 aliphatic heterocycles. The topological polar surface area (TPSA) is 82.2 Å². The minimum absolute atomic E-state index is 0. The van der Waals surface area contributed by atoms with Gasteiger partial charge in [-0.25, -0.2) is 4.98 Å². The number of nitrogens with one attached hydrogen (secondary N) is 1. The number of nitrogens with zero attached hydrogens (tertiary/aromatic N) is 2. The molecule has 2 atom stereocenters. The van der Waals surface area contributed by atoms with Crippen molar-refractivity contribution < 1.29 is 9.53 Å². The first-order valence-electron chi connectivity index (χ1n) is 10.4. The van der Waals surface area contributed by atoms with Crippen molar-refractivity contribution in [2.24, 2.45) is 11.7 Å². The average Bonchev–Trinajstić information content (AvgIpc) is 3.10. The van der Waals surface area contributed by atoms with Crippen LogP contribution in [0.2, 0.25) is 0 Å². The highest BCUT2D eigenvalue weighted by Crippen LogP contribution is 2.24. The van der Waals surface area contributed by atoms with Crippen molar-refractivity contribution in [3.05, 3.63) is 60.4 Å². The predicted octanol–water partition coefficient (Wildman–Crippen LogP) is 4.09. The van der Waals surface area contributed by atoms with Crippen LogP contribution in [-0.4, -0.2) is 28.0 Å². The fourth-order valence-corrected chi connectivity index (χ4v) is 4.15. The second-order valence-electron chi connectivity index (χ2n) is 7.66. The highest BCUT2D eigenvalue weighted by atomic mass is 35.5. The Morgan fingerprint density at radius 2 is 1.77 bits per heavy atom. The molecule has 1 saturated carbocycles. The van der Waals surface area contributed by atoms with Gasteiger partial charge in [0.15, 0.2) is 0 Å². The van der Waals surface area contributed by atoms with Gasteiger partial charge in [-0.1, -0.05) is 43.2 Å². The van der Waals surface area contributed by atoms with Crippen molar-refractivity contribution in [2.75, 3.05) is 6.54 Å². The SMILES string of the molecule is Cl.Cl.NCC1CCCCC1NC(=O)Cn1c(COc2ccccc2)nc2ccccc21. The third-order valence-electron chi connectivity index (χ3n) is 5.70. The molecule has 1 amide bonds. The summed E-state index contributed by atoms with van der Waals surface area (Å²) in [6, 6.07) is 17.7. The lowest BCUT2D eigenvalue weighted by atomic mass is 9.84. The molecule has 0 spiro atoms. The van der Waals surface area contributed by atoms with Gasteiger partial charge in [-0.05, 0) is 49.6 Å². The summed E-state index contributed by atoms with van der Waals surface area (Å²) in [6.07, 6.45) is 4.43. The molecular weight excluding hydrogens is 435 g/mol. The number of hydrogen-bond acceptors (Lipinski definition) is 4. The number of ether oxygens (including phenoxy) is 1. The van der Waals surface area contributed by atoms with Crippen LogP contribution < -0.4 is 15.8 Å². The van der Waals surface area contributed by atoms with E-state index in [0.717, 1.165) is 41.9 Å². The minimum atomic E-state index is -0.000496. The summed E-state index contributed by atoms with van der Waals surface area (Å²) in [5, 5.41) is 3.22. The molecule has 168 valence electrons. The van der Waals surface area contributed by atoms with Crippen LogP contribution in [0.25, 0.3) is 11.0 Å². The molecule has 0 bridgehead atoms. The molecule has 6 nitrogen and oxygen atoms in total. The molecule has 3 N–H and O–H groups in total. The summed E-state index contributed by atoms with van der Waals surface area (Å²) in [5.41, 5.74) is 7.72. The van der Waals surface area contributed by atoms with Crippen LogP contribution in [0.5, 0.6) is 5.75 Å². The van der Waals surface area contributed by atoms with E-state index in [1.54, 1.807) is 0 Å². The minimum Gasteiger partial charge on any atom is -0.486 e. The summed E-state index contributed by atoms with van der Waals surface area (Å²) in [4.78, 5) is 17.6. The van der Waals surface area contributed by atoms with Crippen molar-refractivity contribution >= 4 is 41.8 Å². The van der Waals surface area contributed by atoms with E-state index >= 15 is 0 Å². The number of carbonyl (C=O) groups excluding carboxylic acids is 1. The lowest BCUT2D eigenvalue weighted by molar-refractivity contribution is -0.123. The summed E-state index contributed by atoms with van der Waals surface area (Å²) in [7, 11) is 0.